The number of hydrogen-bond donors (Lipinski definition) is 3. The number of hydrogen-bond acceptors (Lipinski definition) is 4. The number of para-hydroxylation sites is 1. The zero-order chi connectivity index (χ0) is 16.3. The van der Waals surface area contributed by atoms with Crippen LogP contribution in [-0.2, 0) is 4.79 Å². The van der Waals surface area contributed by atoms with Gasteiger partial charge in [-0.1, -0.05) is 31.0 Å². The van der Waals surface area contributed by atoms with E-state index >= 15 is 0 Å². The van der Waals surface area contributed by atoms with Crippen LogP contribution in [0.25, 0.3) is 0 Å². The average molecular weight is 318 g/mol. The minimum absolute atomic E-state index is 0.106. The van der Waals surface area contributed by atoms with E-state index in [4.69, 9.17) is 4.74 Å². The summed E-state index contributed by atoms with van der Waals surface area (Å²) in [6.07, 6.45) is 5.43. The Kier molecular flexibility index (Phi) is 4.87. The summed E-state index contributed by atoms with van der Waals surface area (Å²) in [6, 6.07) is 8.05. The Morgan fingerprint density at radius 2 is 2.04 bits per heavy atom. The number of aliphatic hydroxyl groups is 1. The van der Waals surface area contributed by atoms with E-state index in [-0.39, 0.29) is 18.5 Å². The highest BCUT2D eigenvalue weighted by Gasteiger charge is 2.34. The van der Waals surface area contributed by atoms with E-state index < -0.39 is 5.60 Å². The number of rotatable bonds is 5. The molecule has 2 aliphatic rings. The molecule has 1 heterocycles. The van der Waals surface area contributed by atoms with Gasteiger partial charge in [-0.3, -0.25) is 4.79 Å². The highest BCUT2D eigenvalue weighted by molar-refractivity contribution is 5.85. The summed E-state index contributed by atoms with van der Waals surface area (Å²) in [4.78, 5) is 12.5. The summed E-state index contributed by atoms with van der Waals surface area (Å²) in [5, 5.41) is 16.8. The summed E-state index contributed by atoms with van der Waals surface area (Å²) in [5.74, 6) is 0.484. The molecule has 0 spiro atoms. The number of benzene rings is 1. The maximum absolute atomic E-state index is 12.5. The fraction of sp³-hybridized carbons (Fsp3) is 0.611. The third-order valence-electron chi connectivity index (χ3n) is 4.84. The van der Waals surface area contributed by atoms with E-state index in [1.807, 2.05) is 24.3 Å². The Hall–Kier alpha value is -1.59. The van der Waals surface area contributed by atoms with Gasteiger partial charge >= 0.3 is 0 Å². The third-order valence-corrected chi connectivity index (χ3v) is 4.84. The van der Waals surface area contributed by atoms with Crippen molar-refractivity contribution < 1.29 is 14.6 Å². The van der Waals surface area contributed by atoms with Gasteiger partial charge in [0.25, 0.3) is 5.91 Å². The summed E-state index contributed by atoms with van der Waals surface area (Å²) in [7, 11) is 0. The molecule has 3 N–H and O–H groups in total. The normalized spacial score (nSPS) is 23.7. The first-order chi connectivity index (χ1) is 11.1. The average Bonchev–Trinajstić information content (AvgIpc) is 3.07. The maximum atomic E-state index is 12.5. The highest BCUT2D eigenvalue weighted by Crippen LogP contribution is 2.31. The first-order valence-electron chi connectivity index (χ1n) is 8.55. The van der Waals surface area contributed by atoms with Crippen LogP contribution in [0, 0.1) is 0 Å². The number of nitrogens with one attached hydrogen (secondary N) is 2. The molecule has 1 saturated carbocycles. The topological polar surface area (TPSA) is 70.6 Å². The monoisotopic (exact) mass is 318 g/mol. The molecule has 126 valence electrons. The van der Waals surface area contributed by atoms with Gasteiger partial charge in [-0.25, -0.2) is 0 Å². The van der Waals surface area contributed by atoms with Crippen LogP contribution in [0.4, 0.5) is 0 Å². The Balaban J connectivity index is 1.59. The van der Waals surface area contributed by atoms with Crippen molar-refractivity contribution in [3.63, 3.8) is 0 Å². The molecular formula is C18H26N2O3. The van der Waals surface area contributed by atoms with Gasteiger partial charge in [0.1, 0.15) is 5.75 Å². The number of carbonyl (C=O) groups excluding carboxylic acids is 1. The SMILES string of the molecule is CC(O)(CNC1CCCC1)C(=O)NC1CCOc2ccccc21. The minimum atomic E-state index is -1.41. The number of amides is 1. The summed E-state index contributed by atoms with van der Waals surface area (Å²) in [5.41, 5.74) is -0.429. The summed E-state index contributed by atoms with van der Waals surface area (Å²) < 4.78 is 5.61. The van der Waals surface area contributed by atoms with E-state index in [1.165, 1.54) is 12.8 Å². The largest absolute Gasteiger partial charge is 0.493 e. The van der Waals surface area contributed by atoms with Crippen molar-refractivity contribution in [3.8, 4) is 5.75 Å². The predicted octanol–water partition coefficient (Wildman–Crippen LogP) is 1.91. The van der Waals surface area contributed by atoms with Crippen molar-refractivity contribution >= 4 is 5.91 Å². The smallest absolute Gasteiger partial charge is 0.253 e. The summed E-state index contributed by atoms with van der Waals surface area (Å²) >= 11 is 0. The van der Waals surface area contributed by atoms with Crippen LogP contribution in [-0.4, -0.2) is 35.8 Å². The van der Waals surface area contributed by atoms with Crippen LogP contribution in [0.1, 0.15) is 50.6 Å². The van der Waals surface area contributed by atoms with Crippen LogP contribution in [0.2, 0.25) is 0 Å². The van der Waals surface area contributed by atoms with Crippen molar-refractivity contribution in [2.45, 2.75) is 56.7 Å². The van der Waals surface area contributed by atoms with Crippen LogP contribution in [0.15, 0.2) is 24.3 Å². The lowest BCUT2D eigenvalue weighted by molar-refractivity contribution is -0.138. The standard InChI is InChI=1S/C18H26N2O3/c1-18(22,12-19-13-6-2-3-7-13)17(21)20-15-10-11-23-16-9-5-4-8-14(15)16/h4-5,8-9,13,15,19,22H,2-3,6-7,10-12H2,1H3,(H,20,21). The van der Waals surface area contributed by atoms with Crippen molar-refractivity contribution in [1.82, 2.24) is 10.6 Å². The zero-order valence-electron chi connectivity index (χ0n) is 13.7. The lowest BCUT2D eigenvalue weighted by Crippen LogP contribution is -2.53. The maximum Gasteiger partial charge on any atom is 0.253 e. The van der Waals surface area contributed by atoms with Gasteiger partial charge in [0, 0.05) is 24.6 Å². The molecule has 1 fully saturated rings. The lowest BCUT2D eigenvalue weighted by Gasteiger charge is -2.31. The second kappa shape index (κ2) is 6.89. The molecule has 5 heteroatoms. The quantitative estimate of drug-likeness (QED) is 0.775. The Morgan fingerprint density at radius 1 is 1.30 bits per heavy atom. The fourth-order valence-corrected chi connectivity index (χ4v) is 3.36. The second-order valence-electron chi connectivity index (χ2n) is 6.84. The molecule has 5 nitrogen and oxygen atoms in total. The Morgan fingerprint density at radius 3 is 2.83 bits per heavy atom. The van der Waals surface area contributed by atoms with E-state index in [0.717, 1.165) is 30.6 Å². The van der Waals surface area contributed by atoms with Gasteiger partial charge in [-0.2, -0.15) is 0 Å². The molecule has 1 aromatic carbocycles. The van der Waals surface area contributed by atoms with Crippen LogP contribution in [0.5, 0.6) is 5.75 Å². The van der Waals surface area contributed by atoms with Crippen LogP contribution >= 0.6 is 0 Å². The van der Waals surface area contributed by atoms with Crippen molar-refractivity contribution in [2.24, 2.45) is 0 Å². The molecule has 1 amide bonds. The summed E-state index contributed by atoms with van der Waals surface area (Å²) in [6.45, 7) is 2.44. The molecule has 0 saturated heterocycles. The van der Waals surface area contributed by atoms with Gasteiger partial charge in [-0.05, 0) is 25.8 Å². The molecule has 23 heavy (non-hydrogen) atoms. The Labute approximate surface area is 137 Å². The molecule has 2 atom stereocenters. The van der Waals surface area contributed by atoms with Crippen molar-refractivity contribution in [3.05, 3.63) is 29.8 Å². The molecule has 1 aliphatic carbocycles. The van der Waals surface area contributed by atoms with Crippen molar-refractivity contribution in [2.75, 3.05) is 13.2 Å². The van der Waals surface area contributed by atoms with Gasteiger partial charge in [0.05, 0.1) is 12.6 Å². The highest BCUT2D eigenvalue weighted by atomic mass is 16.5. The Bertz CT molecular complexity index is 553. The number of ether oxygens (including phenoxy) is 1. The predicted molar refractivity (Wildman–Crippen MR) is 88.3 cm³/mol. The molecule has 3 rings (SSSR count). The minimum Gasteiger partial charge on any atom is -0.493 e. The zero-order valence-corrected chi connectivity index (χ0v) is 13.7. The number of fused-ring (bicyclic) bond motifs is 1. The number of carbonyl (C=O) groups is 1. The lowest BCUT2D eigenvalue weighted by atomic mass is 9.98. The molecule has 0 bridgehead atoms. The van der Waals surface area contributed by atoms with E-state index in [2.05, 4.69) is 10.6 Å². The van der Waals surface area contributed by atoms with Gasteiger partial charge < -0.3 is 20.5 Å². The van der Waals surface area contributed by atoms with E-state index in [9.17, 15) is 9.90 Å². The molecule has 0 aromatic heterocycles. The first-order valence-corrected chi connectivity index (χ1v) is 8.55. The van der Waals surface area contributed by atoms with Crippen LogP contribution in [0.3, 0.4) is 0 Å². The third kappa shape index (κ3) is 3.85. The molecule has 1 aromatic rings. The molecule has 2 unspecified atom stereocenters. The van der Waals surface area contributed by atoms with E-state index in [0.29, 0.717) is 12.6 Å². The molecular weight excluding hydrogens is 292 g/mol. The molecule has 0 radical (unpaired) electrons. The van der Waals surface area contributed by atoms with Gasteiger partial charge in [0.2, 0.25) is 0 Å². The first kappa shape index (κ1) is 16.3. The van der Waals surface area contributed by atoms with Crippen molar-refractivity contribution in [1.29, 1.82) is 0 Å². The fourth-order valence-electron chi connectivity index (χ4n) is 3.36. The van der Waals surface area contributed by atoms with Gasteiger partial charge in [0.15, 0.2) is 5.60 Å². The van der Waals surface area contributed by atoms with E-state index in [1.54, 1.807) is 6.92 Å². The van der Waals surface area contributed by atoms with Crippen LogP contribution < -0.4 is 15.4 Å². The molecule has 1 aliphatic heterocycles. The van der Waals surface area contributed by atoms with Gasteiger partial charge in [-0.15, -0.1) is 0 Å². The second-order valence-corrected chi connectivity index (χ2v) is 6.84.